The summed E-state index contributed by atoms with van der Waals surface area (Å²) in [6, 6.07) is 29.1. The van der Waals surface area contributed by atoms with E-state index in [2.05, 4.69) is 0 Å². The summed E-state index contributed by atoms with van der Waals surface area (Å²) >= 11 is 1.00. The molecule has 44 heavy (non-hydrogen) atoms. The lowest BCUT2D eigenvalue weighted by molar-refractivity contribution is 0.669. The Bertz CT molecular complexity index is 2890. The zero-order valence-corrected chi connectivity index (χ0v) is 23.7. The first-order chi connectivity index (χ1) is 24.7. The highest BCUT2D eigenvalue weighted by atomic mass is 32.1. The van der Waals surface area contributed by atoms with Crippen molar-refractivity contribution in [3.8, 4) is 45.3 Å². The maximum absolute atomic E-state index is 9.31. The smallest absolute Gasteiger partial charge is 0.164 e. The lowest BCUT2D eigenvalue weighted by atomic mass is 10.0. The number of benzene rings is 6. The minimum Gasteiger partial charge on any atom is -0.456 e. The molecule has 0 aliphatic carbocycles. The molecule has 0 aliphatic heterocycles. The molecule has 9 rings (SSSR count). The number of rotatable bonds is 4. The quantitative estimate of drug-likeness (QED) is 0.205. The van der Waals surface area contributed by atoms with Crippen LogP contribution in [0.1, 0.15) is 9.60 Å². The lowest BCUT2D eigenvalue weighted by Crippen LogP contribution is -2.00. The zero-order valence-electron chi connectivity index (χ0n) is 29.9. The Morgan fingerprint density at radius 1 is 0.477 bits per heavy atom. The largest absolute Gasteiger partial charge is 0.456 e. The molecule has 3 heterocycles. The molecule has 0 N–H and O–H groups in total. The molecule has 0 saturated heterocycles. The van der Waals surface area contributed by atoms with E-state index in [-0.39, 0.29) is 67.6 Å². The fourth-order valence-corrected chi connectivity index (χ4v) is 6.43. The zero-order chi connectivity index (χ0) is 35.1. The maximum atomic E-state index is 9.31. The van der Waals surface area contributed by atoms with E-state index < -0.39 is 12.1 Å². The Hall–Kier alpha value is -5.65. The van der Waals surface area contributed by atoms with E-state index in [0.717, 1.165) is 38.8 Å². The third kappa shape index (κ3) is 4.17. The van der Waals surface area contributed by atoms with Gasteiger partial charge in [0.15, 0.2) is 17.5 Å². The number of para-hydroxylation sites is 1. The Morgan fingerprint density at radius 3 is 1.98 bits per heavy atom. The molecular weight excluding hydrogens is 559 g/mol. The van der Waals surface area contributed by atoms with Crippen molar-refractivity contribution in [3.05, 3.63) is 139 Å². The van der Waals surface area contributed by atoms with Crippen molar-refractivity contribution in [2.45, 2.75) is 0 Å². The van der Waals surface area contributed by atoms with Crippen LogP contribution in [0.25, 0.3) is 87.4 Å². The average Bonchev–Trinajstić information content (AvgIpc) is 3.75. The molecule has 206 valence electrons. The molecule has 3 aromatic heterocycles. The Morgan fingerprint density at radius 2 is 1.11 bits per heavy atom. The van der Waals surface area contributed by atoms with Gasteiger partial charge in [0.05, 0.1) is 9.60 Å². The second kappa shape index (κ2) is 9.97. The first kappa shape index (κ1) is 18.8. The molecule has 4 nitrogen and oxygen atoms in total. The Balaban J connectivity index is 1.28. The molecular formula is C39H23N3OS. The van der Waals surface area contributed by atoms with Gasteiger partial charge in [-0.25, -0.2) is 15.0 Å². The van der Waals surface area contributed by atoms with E-state index in [4.69, 9.17) is 27.6 Å². The summed E-state index contributed by atoms with van der Waals surface area (Å²) in [6.07, 6.45) is 0. The van der Waals surface area contributed by atoms with Gasteiger partial charge in [0.1, 0.15) is 11.2 Å². The highest BCUT2D eigenvalue weighted by Gasteiger charge is 2.16. The minimum atomic E-state index is -0.430. The number of hydrogen-bond acceptors (Lipinski definition) is 5. The molecule has 0 aliphatic rings. The van der Waals surface area contributed by atoms with E-state index in [1.54, 1.807) is 0 Å². The van der Waals surface area contributed by atoms with Crippen LogP contribution in [0.5, 0.6) is 0 Å². The van der Waals surface area contributed by atoms with Crippen LogP contribution in [0, 0.1) is 0 Å². The normalized spacial score (nSPS) is 13.9. The van der Waals surface area contributed by atoms with Crippen molar-refractivity contribution in [2.75, 3.05) is 0 Å². The second-order valence-electron chi connectivity index (χ2n) is 10.3. The van der Waals surface area contributed by atoms with Gasteiger partial charge in [-0.1, -0.05) is 109 Å². The van der Waals surface area contributed by atoms with Gasteiger partial charge >= 0.3 is 0 Å². The van der Waals surface area contributed by atoms with Crippen molar-refractivity contribution < 1.29 is 14.0 Å². The van der Waals surface area contributed by atoms with Crippen LogP contribution in [-0.2, 0) is 0 Å². The van der Waals surface area contributed by atoms with Crippen molar-refractivity contribution in [2.24, 2.45) is 0 Å². The predicted molar refractivity (Wildman–Crippen MR) is 182 cm³/mol. The van der Waals surface area contributed by atoms with Gasteiger partial charge < -0.3 is 4.42 Å². The summed E-state index contributed by atoms with van der Waals surface area (Å²) in [7, 11) is 0. The molecule has 6 aromatic carbocycles. The van der Waals surface area contributed by atoms with Crippen LogP contribution in [0.15, 0.2) is 144 Å². The topological polar surface area (TPSA) is 51.8 Å². The lowest BCUT2D eigenvalue weighted by Gasteiger charge is -2.09. The summed E-state index contributed by atoms with van der Waals surface area (Å²) in [5, 5.41) is 2.19. The Labute approximate surface area is 266 Å². The maximum Gasteiger partial charge on any atom is 0.164 e. The fraction of sp³-hybridized carbons (Fsp3) is 0. The summed E-state index contributed by atoms with van der Waals surface area (Å²) in [5.74, 6) is 0.612. The van der Waals surface area contributed by atoms with Crippen LogP contribution < -0.4 is 0 Å². The predicted octanol–water partition coefficient (Wildman–Crippen LogP) is 10.8. The molecule has 0 spiro atoms. The SMILES string of the molecule is [2H]c1c([2H])c([2H])c2c(sc3c([2H])c(-c4nc(-c5ccc(-c6ccccc6)cc5)nc(-c5ccc6c(c5)oc5ccccc56)n4)c([2H])c([2H])c32)c1[2H]. The van der Waals surface area contributed by atoms with Crippen LogP contribution in [0.4, 0.5) is 0 Å². The van der Waals surface area contributed by atoms with Gasteiger partial charge in [0, 0.05) is 47.6 Å². The standard InChI is InChI=1S/C39H23N3OS/c1-2-8-24(9-3-1)25-14-16-26(17-15-25)37-40-38(27-18-20-30-29-10-4-6-12-33(29)43-34(30)22-27)42-39(41-37)28-19-21-32-31-11-5-7-13-35(31)44-36(32)23-28/h1-23H/i5D,7D,11D,13D,19D,21D,23D. The van der Waals surface area contributed by atoms with Gasteiger partial charge in [-0.05, 0) is 41.4 Å². The molecule has 0 unspecified atom stereocenters. The van der Waals surface area contributed by atoms with E-state index in [1.165, 1.54) is 0 Å². The number of thiophene rings is 1. The molecule has 5 heteroatoms. The van der Waals surface area contributed by atoms with Crippen LogP contribution >= 0.6 is 11.3 Å². The van der Waals surface area contributed by atoms with Gasteiger partial charge in [-0.3, -0.25) is 0 Å². The Kier molecular flexibility index (Phi) is 4.26. The van der Waals surface area contributed by atoms with Crippen molar-refractivity contribution in [1.82, 2.24) is 15.0 Å². The van der Waals surface area contributed by atoms with E-state index in [1.807, 2.05) is 97.1 Å². The number of hydrogen-bond donors (Lipinski definition) is 0. The van der Waals surface area contributed by atoms with Crippen molar-refractivity contribution in [1.29, 1.82) is 0 Å². The number of fused-ring (bicyclic) bond motifs is 6. The third-order valence-corrected chi connectivity index (χ3v) is 8.65. The summed E-state index contributed by atoms with van der Waals surface area (Å²) in [5.41, 5.74) is 4.77. The highest BCUT2D eigenvalue weighted by Crippen LogP contribution is 2.37. The molecule has 0 atom stereocenters. The van der Waals surface area contributed by atoms with E-state index in [9.17, 15) is 1.37 Å². The van der Waals surface area contributed by atoms with Gasteiger partial charge in [-0.2, -0.15) is 0 Å². The number of furan rings is 1. The van der Waals surface area contributed by atoms with Crippen molar-refractivity contribution >= 4 is 53.4 Å². The first-order valence-electron chi connectivity index (χ1n) is 17.5. The summed E-state index contributed by atoms with van der Waals surface area (Å²) in [4.78, 5) is 14.4. The third-order valence-electron chi connectivity index (χ3n) is 7.63. The van der Waals surface area contributed by atoms with Gasteiger partial charge in [-0.15, -0.1) is 11.3 Å². The minimum absolute atomic E-state index is 0.00457. The monoisotopic (exact) mass is 588 g/mol. The van der Waals surface area contributed by atoms with Gasteiger partial charge in [0.2, 0.25) is 0 Å². The number of aromatic nitrogens is 3. The molecule has 9 aromatic rings. The van der Waals surface area contributed by atoms with Crippen LogP contribution in [0.3, 0.4) is 0 Å². The molecule has 0 fully saturated rings. The fourth-order valence-electron chi connectivity index (χ4n) is 5.46. The van der Waals surface area contributed by atoms with Crippen LogP contribution in [0.2, 0.25) is 0 Å². The first-order valence-corrected chi connectivity index (χ1v) is 14.8. The number of nitrogens with zero attached hydrogens (tertiary/aromatic N) is 3. The van der Waals surface area contributed by atoms with Crippen LogP contribution in [-0.4, -0.2) is 15.0 Å². The molecule has 0 saturated carbocycles. The average molecular weight is 589 g/mol. The molecule has 0 amide bonds. The van der Waals surface area contributed by atoms with E-state index >= 15 is 0 Å². The summed E-state index contributed by atoms with van der Waals surface area (Å²) in [6.45, 7) is 0. The molecule has 0 bridgehead atoms. The highest BCUT2D eigenvalue weighted by molar-refractivity contribution is 7.25. The summed E-state index contributed by atoms with van der Waals surface area (Å²) < 4.78 is 67.6. The molecule has 0 radical (unpaired) electrons. The second-order valence-corrected chi connectivity index (χ2v) is 11.3. The van der Waals surface area contributed by atoms with Crippen molar-refractivity contribution in [3.63, 3.8) is 0 Å². The van der Waals surface area contributed by atoms with E-state index in [0.29, 0.717) is 22.5 Å². The van der Waals surface area contributed by atoms with Gasteiger partial charge in [0.25, 0.3) is 0 Å².